The third-order valence-corrected chi connectivity index (χ3v) is 3.53. The number of para-hydroxylation sites is 1. The maximum Gasteiger partial charge on any atom is 0.212 e. The van der Waals surface area contributed by atoms with Gasteiger partial charge in [-0.15, -0.1) is 0 Å². The number of hydrogen-bond acceptors (Lipinski definition) is 4. The summed E-state index contributed by atoms with van der Waals surface area (Å²) in [5, 5.41) is 10.3. The Balaban J connectivity index is 2.17. The van der Waals surface area contributed by atoms with Gasteiger partial charge in [-0.3, -0.25) is 4.79 Å². The Morgan fingerprint density at radius 3 is 2.35 bits per heavy atom. The van der Waals surface area contributed by atoms with E-state index in [2.05, 4.69) is 0 Å². The molecule has 3 rings (SSSR count). The van der Waals surface area contributed by atoms with E-state index in [0.717, 1.165) is 6.29 Å². The summed E-state index contributed by atoms with van der Waals surface area (Å²) in [7, 11) is 0. The molecule has 2 aromatic rings. The number of hydrogen-bond donors (Lipinski definition) is 1. The summed E-state index contributed by atoms with van der Waals surface area (Å²) in [4.78, 5) is 25.2. The van der Waals surface area contributed by atoms with Crippen LogP contribution >= 0.6 is 0 Å². The van der Waals surface area contributed by atoms with E-state index >= 15 is 0 Å². The first-order valence-electron chi connectivity index (χ1n) is 6.34. The summed E-state index contributed by atoms with van der Waals surface area (Å²) in [6.07, 6.45) is -0.593. The molecule has 0 radical (unpaired) electrons. The number of Topliss-reactive ketones (excluding diaryl/α,β-unsaturated/α-hetero) is 1. The number of aldehydes is 1. The molecule has 0 spiro atoms. The van der Waals surface area contributed by atoms with Gasteiger partial charge in [0.15, 0.2) is 6.23 Å². The highest BCUT2D eigenvalue weighted by molar-refractivity contribution is 6.05. The van der Waals surface area contributed by atoms with Crippen LogP contribution < -0.4 is 4.90 Å². The van der Waals surface area contributed by atoms with Crippen LogP contribution in [0.2, 0.25) is 0 Å². The molecular formula is C16H13NO3. The molecular weight excluding hydrogens is 254 g/mol. The van der Waals surface area contributed by atoms with Gasteiger partial charge in [-0.25, -0.2) is 0 Å². The summed E-state index contributed by atoms with van der Waals surface area (Å²) in [6.45, 7) is 0. The molecule has 20 heavy (non-hydrogen) atoms. The number of benzene rings is 2. The fourth-order valence-corrected chi connectivity index (χ4v) is 2.59. The third-order valence-electron chi connectivity index (χ3n) is 3.53. The van der Waals surface area contributed by atoms with Gasteiger partial charge < -0.3 is 14.8 Å². The first-order chi connectivity index (χ1) is 9.74. The minimum atomic E-state index is -1.34. The Morgan fingerprint density at radius 2 is 1.65 bits per heavy atom. The highest BCUT2D eigenvalue weighted by Crippen LogP contribution is 2.34. The molecule has 2 aromatic carbocycles. The summed E-state index contributed by atoms with van der Waals surface area (Å²) < 4.78 is 0. The SMILES string of the molecule is O=CC1c2ccccc2C(=O)C(O)N1c1ccccc1. The van der Waals surface area contributed by atoms with E-state index < -0.39 is 12.3 Å². The zero-order chi connectivity index (χ0) is 14.1. The summed E-state index contributed by atoms with van der Waals surface area (Å²) in [5.74, 6) is -0.387. The van der Waals surface area contributed by atoms with Gasteiger partial charge >= 0.3 is 0 Å². The standard InChI is InChI=1S/C16H13NO3/c18-10-14-12-8-4-5-9-13(12)15(19)16(20)17(14)11-6-2-1-3-7-11/h1-10,14,16,20H. The number of rotatable bonds is 2. The maximum atomic E-state index is 12.3. The highest BCUT2D eigenvalue weighted by atomic mass is 16.3. The topological polar surface area (TPSA) is 57.6 Å². The van der Waals surface area contributed by atoms with Crippen LogP contribution in [0.4, 0.5) is 5.69 Å². The third kappa shape index (κ3) is 1.82. The number of nitrogens with zero attached hydrogens (tertiary/aromatic N) is 1. The van der Waals surface area contributed by atoms with Crippen LogP contribution in [0, 0.1) is 0 Å². The number of anilines is 1. The van der Waals surface area contributed by atoms with Crippen molar-refractivity contribution in [1.29, 1.82) is 0 Å². The van der Waals surface area contributed by atoms with E-state index in [-0.39, 0.29) is 5.78 Å². The highest BCUT2D eigenvalue weighted by Gasteiger charge is 2.38. The van der Waals surface area contributed by atoms with Crippen LogP contribution in [0.25, 0.3) is 0 Å². The molecule has 0 saturated carbocycles. The summed E-state index contributed by atoms with van der Waals surface area (Å²) >= 11 is 0. The smallest absolute Gasteiger partial charge is 0.212 e. The normalized spacial score (nSPS) is 21.4. The lowest BCUT2D eigenvalue weighted by atomic mass is 9.91. The molecule has 100 valence electrons. The Morgan fingerprint density at radius 1 is 1.00 bits per heavy atom. The number of aliphatic hydroxyl groups is 1. The van der Waals surface area contributed by atoms with Gasteiger partial charge in [-0.1, -0.05) is 42.5 Å². The van der Waals surface area contributed by atoms with E-state index in [1.54, 1.807) is 48.5 Å². The van der Waals surface area contributed by atoms with Gasteiger partial charge in [0.05, 0.1) is 0 Å². The van der Waals surface area contributed by atoms with Gasteiger partial charge in [0.2, 0.25) is 5.78 Å². The lowest BCUT2D eigenvalue weighted by Crippen LogP contribution is -2.48. The molecule has 0 fully saturated rings. The average Bonchev–Trinajstić information content (AvgIpc) is 2.51. The molecule has 0 amide bonds. The number of ketones is 1. The van der Waals surface area contributed by atoms with Crippen molar-refractivity contribution < 1.29 is 14.7 Å². The molecule has 2 unspecified atom stereocenters. The second-order valence-electron chi connectivity index (χ2n) is 4.65. The van der Waals surface area contributed by atoms with E-state index in [1.807, 2.05) is 6.07 Å². The van der Waals surface area contributed by atoms with Crippen LogP contribution in [0.3, 0.4) is 0 Å². The monoisotopic (exact) mass is 267 g/mol. The molecule has 1 aliphatic heterocycles. The first-order valence-corrected chi connectivity index (χ1v) is 6.34. The second kappa shape index (κ2) is 4.90. The number of fused-ring (bicyclic) bond motifs is 1. The van der Waals surface area contributed by atoms with Gasteiger partial charge in [0.25, 0.3) is 0 Å². The van der Waals surface area contributed by atoms with Crippen molar-refractivity contribution in [3.05, 3.63) is 65.7 Å². The molecule has 0 bridgehead atoms. The molecule has 4 nitrogen and oxygen atoms in total. The van der Waals surface area contributed by atoms with Crippen molar-refractivity contribution in [1.82, 2.24) is 0 Å². The zero-order valence-electron chi connectivity index (χ0n) is 10.6. The fraction of sp³-hybridized carbons (Fsp3) is 0.125. The molecule has 1 aliphatic rings. The molecule has 2 atom stereocenters. The van der Waals surface area contributed by atoms with Crippen LogP contribution in [0.1, 0.15) is 22.0 Å². The molecule has 1 heterocycles. The van der Waals surface area contributed by atoms with Crippen molar-refractivity contribution in [3.63, 3.8) is 0 Å². The fourth-order valence-electron chi connectivity index (χ4n) is 2.59. The van der Waals surface area contributed by atoms with E-state index in [9.17, 15) is 14.7 Å². The quantitative estimate of drug-likeness (QED) is 0.845. The van der Waals surface area contributed by atoms with Gasteiger partial charge in [0.1, 0.15) is 12.3 Å². The number of carbonyl (C=O) groups is 2. The number of carbonyl (C=O) groups excluding carboxylic acids is 2. The first kappa shape index (κ1) is 12.6. The van der Waals surface area contributed by atoms with Crippen molar-refractivity contribution in [2.75, 3.05) is 4.90 Å². The second-order valence-corrected chi connectivity index (χ2v) is 4.65. The Labute approximate surface area is 116 Å². The molecule has 0 saturated heterocycles. The van der Waals surface area contributed by atoms with Crippen LogP contribution in [0.15, 0.2) is 54.6 Å². The van der Waals surface area contributed by atoms with Crippen molar-refractivity contribution in [2.24, 2.45) is 0 Å². The van der Waals surface area contributed by atoms with E-state index in [0.29, 0.717) is 16.8 Å². The molecule has 1 N–H and O–H groups in total. The predicted molar refractivity (Wildman–Crippen MR) is 74.5 cm³/mol. The van der Waals surface area contributed by atoms with Crippen LogP contribution in [-0.4, -0.2) is 23.4 Å². The average molecular weight is 267 g/mol. The van der Waals surface area contributed by atoms with Crippen molar-refractivity contribution >= 4 is 17.8 Å². The van der Waals surface area contributed by atoms with Crippen molar-refractivity contribution in [2.45, 2.75) is 12.3 Å². The van der Waals surface area contributed by atoms with Crippen molar-refractivity contribution in [3.8, 4) is 0 Å². The Kier molecular flexibility index (Phi) is 3.08. The predicted octanol–water partition coefficient (Wildman–Crippen LogP) is 1.95. The minimum Gasteiger partial charge on any atom is -0.367 e. The lowest BCUT2D eigenvalue weighted by molar-refractivity contribution is -0.109. The van der Waals surface area contributed by atoms with E-state index in [4.69, 9.17) is 0 Å². The number of aliphatic hydroxyl groups excluding tert-OH is 1. The van der Waals surface area contributed by atoms with E-state index in [1.165, 1.54) is 4.90 Å². The molecule has 4 heteroatoms. The maximum absolute atomic E-state index is 12.3. The zero-order valence-corrected chi connectivity index (χ0v) is 10.6. The molecule has 0 aliphatic carbocycles. The largest absolute Gasteiger partial charge is 0.367 e. The Bertz CT molecular complexity index is 654. The van der Waals surface area contributed by atoms with Gasteiger partial charge in [-0.05, 0) is 17.7 Å². The lowest BCUT2D eigenvalue weighted by Gasteiger charge is -2.38. The van der Waals surface area contributed by atoms with Gasteiger partial charge in [-0.2, -0.15) is 0 Å². The summed E-state index contributed by atoms with van der Waals surface area (Å²) in [6, 6.07) is 15.2. The van der Waals surface area contributed by atoms with Gasteiger partial charge in [0, 0.05) is 11.3 Å². The minimum absolute atomic E-state index is 0.387. The molecule has 0 aromatic heterocycles. The van der Waals surface area contributed by atoms with Crippen LogP contribution in [-0.2, 0) is 4.79 Å². The summed E-state index contributed by atoms with van der Waals surface area (Å²) in [5.41, 5.74) is 1.67. The van der Waals surface area contributed by atoms with Crippen LogP contribution in [0.5, 0.6) is 0 Å². The Hall–Kier alpha value is -2.46.